The smallest absolute Gasteiger partial charge is 0.260 e. The Kier molecular flexibility index (Phi) is 6.73. The third kappa shape index (κ3) is 4.70. The first-order chi connectivity index (χ1) is 17.6. The van der Waals surface area contributed by atoms with Crippen LogP contribution in [0.15, 0.2) is 54.6 Å². The van der Waals surface area contributed by atoms with Crippen molar-refractivity contribution in [1.29, 1.82) is 0 Å². The number of benzene rings is 3. The zero-order valence-electron chi connectivity index (χ0n) is 20.3. The Bertz CT molecular complexity index is 1370. The number of amides is 1. The van der Waals surface area contributed by atoms with Crippen LogP contribution in [0.5, 0.6) is 17.2 Å². The molecule has 5 rings (SSSR count). The second-order valence-corrected chi connectivity index (χ2v) is 8.58. The van der Waals surface area contributed by atoms with Gasteiger partial charge in [0, 0.05) is 19.7 Å². The number of aromatic nitrogens is 3. The number of methoxy groups -OCH3 is 2. The average Bonchev–Trinajstić information content (AvgIpc) is 3.35. The zero-order valence-corrected chi connectivity index (χ0v) is 20.3. The van der Waals surface area contributed by atoms with Gasteiger partial charge in [0.25, 0.3) is 5.91 Å². The van der Waals surface area contributed by atoms with Crippen LogP contribution in [0.4, 0.5) is 0 Å². The van der Waals surface area contributed by atoms with Crippen molar-refractivity contribution >= 4 is 16.9 Å². The molecular formula is C27H28N4O5. The molecule has 0 aliphatic carbocycles. The van der Waals surface area contributed by atoms with Crippen molar-refractivity contribution in [3.8, 4) is 22.9 Å². The number of rotatable bonds is 8. The maximum Gasteiger partial charge on any atom is 0.260 e. The number of carbonyl (C=O) groups excluding carboxylic acids is 1. The molecule has 0 saturated carbocycles. The zero-order chi connectivity index (χ0) is 25.1. The summed E-state index contributed by atoms with van der Waals surface area (Å²) in [5.74, 6) is 1.72. The highest BCUT2D eigenvalue weighted by Gasteiger charge is 2.24. The number of ether oxygens (including phenoxy) is 3. The number of hydrogen-bond donors (Lipinski definition) is 1. The lowest BCUT2D eigenvalue weighted by Gasteiger charge is -2.29. The van der Waals surface area contributed by atoms with Crippen LogP contribution in [-0.2, 0) is 24.2 Å². The molecule has 0 spiro atoms. The van der Waals surface area contributed by atoms with E-state index in [4.69, 9.17) is 14.2 Å². The standard InChI is InChI=1S/C27H28N4O5/c1-34-25-14-19-9-11-30(16-20(19)15-26(25)35-2)27(33)17-36-24-8-7-18(10-12-32)13-23(24)31-28-21-5-3-4-6-22(21)29-31/h3-8,13-15,32H,9-12,16-17H2,1-2H3. The molecule has 36 heavy (non-hydrogen) atoms. The monoisotopic (exact) mass is 488 g/mol. The molecule has 3 aromatic carbocycles. The lowest BCUT2D eigenvalue weighted by molar-refractivity contribution is -0.134. The number of aliphatic hydroxyl groups is 1. The highest BCUT2D eigenvalue weighted by molar-refractivity contribution is 5.78. The lowest BCUT2D eigenvalue weighted by atomic mass is 9.99. The highest BCUT2D eigenvalue weighted by atomic mass is 16.5. The third-order valence-corrected chi connectivity index (χ3v) is 6.35. The van der Waals surface area contributed by atoms with Gasteiger partial charge in [-0.3, -0.25) is 4.79 Å². The van der Waals surface area contributed by atoms with Gasteiger partial charge in [-0.15, -0.1) is 15.0 Å². The summed E-state index contributed by atoms with van der Waals surface area (Å²) >= 11 is 0. The highest BCUT2D eigenvalue weighted by Crippen LogP contribution is 2.33. The molecule has 2 heterocycles. The van der Waals surface area contributed by atoms with E-state index in [-0.39, 0.29) is 19.1 Å². The van der Waals surface area contributed by atoms with Crippen LogP contribution in [0, 0.1) is 0 Å². The second-order valence-electron chi connectivity index (χ2n) is 8.58. The number of hydrogen-bond acceptors (Lipinski definition) is 7. The predicted octanol–water partition coefficient (Wildman–Crippen LogP) is 2.94. The van der Waals surface area contributed by atoms with Gasteiger partial charge in [0.1, 0.15) is 22.5 Å². The van der Waals surface area contributed by atoms with Crippen molar-refractivity contribution in [2.75, 3.05) is 34.0 Å². The fraction of sp³-hybridized carbons (Fsp3) is 0.296. The van der Waals surface area contributed by atoms with Gasteiger partial charge in [-0.05, 0) is 65.9 Å². The molecule has 9 nitrogen and oxygen atoms in total. The summed E-state index contributed by atoms with van der Waals surface area (Å²) in [7, 11) is 3.22. The first-order valence-electron chi connectivity index (χ1n) is 11.8. The molecule has 9 heteroatoms. The van der Waals surface area contributed by atoms with Crippen LogP contribution in [0.3, 0.4) is 0 Å². The maximum atomic E-state index is 13.1. The molecule has 0 bridgehead atoms. The third-order valence-electron chi connectivity index (χ3n) is 6.35. The summed E-state index contributed by atoms with van der Waals surface area (Å²) in [5, 5.41) is 18.5. The van der Waals surface area contributed by atoms with E-state index in [0.717, 1.165) is 34.1 Å². The van der Waals surface area contributed by atoms with E-state index >= 15 is 0 Å². The minimum Gasteiger partial charge on any atom is -0.493 e. The Morgan fingerprint density at radius 1 is 0.944 bits per heavy atom. The fourth-order valence-electron chi connectivity index (χ4n) is 4.42. The van der Waals surface area contributed by atoms with Crippen molar-refractivity contribution in [2.45, 2.75) is 19.4 Å². The maximum absolute atomic E-state index is 13.1. The van der Waals surface area contributed by atoms with Gasteiger partial charge >= 0.3 is 0 Å². The van der Waals surface area contributed by atoms with Gasteiger partial charge in [-0.1, -0.05) is 18.2 Å². The Morgan fingerprint density at radius 3 is 2.31 bits per heavy atom. The molecule has 1 aliphatic heterocycles. The van der Waals surface area contributed by atoms with E-state index in [9.17, 15) is 9.90 Å². The van der Waals surface area contributed by atoms with E-state index in [1.807, 2.05) is 48.5 Å². The van der Waals surface area contributed by atoms with Gasteiger partial charge < -0.3 is 24.2 Å². The fourth-order valence-corrected chi connectivity index (χ4v) is 4.42. The van der Waals surface area contributed by atoms with Crippen molar-refractivity contribution in [3.05, 3.63) is 71.3 Å². The van der Waals surface area contributed by atoms with Gasteiger partial charge in [0.15, 0.2) is 18.1 Å². The molecular weight excluding hydrogens is 460 g/mol. The predicted molar refractivity (Wildman–Crippen MR) is 134 cm³/mol. The van der Waals surface area contributed by atoms with Crippen molar-refractivity contribution in [2.24, 2.45) is 0 Å². The van der Waals surface area contributed by atoms with Crippen LogP contribution in [0.1, 0.15) is 16.7 Å². The molecule has 0 fully saturated rings. The minimum absolute atomic E-state index is 0.0275. The topological polar surface area (TPSA) is 98.9 Å². The molecule has 1 amide bonds. The van der Waals surface area contributed by atoms with Crippen LogP contribution in [0.25, 0.3) is 16.7 Å². The molecule has 1 aromatic heterocycles. The number of fused-ring (bicyclic) bond motifs is 2. The summed E-state index contributed by atoms with van der Waals surface area (Å²) < 4.78 is 16.8. The van der Waals surface area contributed by atoms with Crippen LogP contribution in [0.2, 0.25) is 0 Å². The summed E-state index contributed by atoms with van der Waals surface area (Å²) in [4.78, 5) is 16.4. The van der Waals surface area contributed by atoms with Crippen LogP contribution in [-0.4, -0.2) is 64.9 Å². The largest absolute Gasteiger partial charge is 0.493 e. The molecule has 0 saturated heterocycles. The first kappa shape index (κ1) is 23.6. The van der Waals surface area contributed by atoms with Crippen LogP contribution < -0.4 is 14.2 Å². The molecule has 186 valence electrons. The lowest BCUT2D eigenvalue weighted by Crippen LogP contribution is -2.38. The van der Waals surface area contributed by atoms with Crippen molar-refractivity contribution < 1.29 is 24.1 Å². The molecule has 0 atom stereocenters. The van der Waals surface area contributed by atoms with Gasteiger partial charge in [-0.2, -0.15) is 0 Å². The molecule has 4 aromatic rings. The minimum atomic E-state index is -0.115. The SMILES string of the molecule is COc1cc2c(cc1OC)CN(C(=O)COc1ccc(CCO)cc1-n1nc3ccccc3n1)CC2. The second kappa shape index (κ2) is 10.2. The summed E-state index contributed by atoms with van der Waals surface area (Å²) in [6, 6.07) is 17.0. The van der Waals surface area contributed by atoms with E-state index in [2.05, 4.69) is 10.2 Å². The first-order valence-corrected chi connectivity index (χ1v) is 11.8. The number of nitrogens with zero attached hydrogens (tertiary/aromatic N) is 4. The van der Waals surface area contributed by atoms with Gasteiger partial charge in [-0.25, -0.2) is 0 Å². The van der Waals surface area contributed by atoms with Crippen molar-refractivity contribution in [3.63, 3.8) is 0 Å². The molecule has 1 N–H and O–H groups in total. The Hall–Kier alpha value is -4.11. The van der Waals surface area contributed by atoms with E-state index in [0.29, 0.717) is 42.4 Å². The van der Waals surface area contributed by atoms with E-state index in [1.54, 1.807) is 25.2 Å². The van der Waals surface area contributed by atoms with Gasteiger partial charge in [0.2, 0.25) is 0 Å². The normalized spacial score (nSPS) is 12.9. The summed E-state index contributed by atoms with van der Waals surface area (Å²) in [5.41, 5.74) is 5.23. The van der Waals surface area contributed by atoms with E-state index in [1.165, 1.54) is 4.80 Å². The van der Waals surface area contributed by atoms with Crippen molar-refractivity contribution in [1.82, 2.24) is 19.9 Å². The van der Waals surface area contributed by atoms with Crippen LogP contribution >= 0.6 is 0 Å². The Morgan fingerprint density at radius 2 is 1.64 bits per heavy atom. The molecule has 1 aliphatic rings. The average molecular weight is 489 g/mol. The summed E-state index contributed by atoms with van der Waals surface area (Å²) in [6.07, 6.45) is 1.22. The Labute approximate surface area is 208 Å². The van der Waals surface area contributed by atoms with E-state index < -0.39 is 0 Å². The number of carbonyl (C=O) groups is 1. The Balaban J connectivity index is 1.34. The molecule has 0 unspecified atom stereocenters. The quantitative estimate of drug-likeness (QED) is 0.407. The number of aliphatic hydroxyl groups excluding tert-OH is 1. The van der Waals surface area contributed by atoms with Gasteiger partial charge in [0.05, 0.1) is 14.2 Å². The summed E-state index contributed by atoms with van der Waals surface area (Å²) in [6.45, 7) is 0.987. The molecule has 0 radical (unpaired) electrons.